The molecule has 4 aromatic rings. The lowest BCUT2D eigenvalue weighted by molar-refractivity contribution is 0.0942. The van der Waals surface area contributed by atoms with E-state index in [0.29, 0.717) is 17.8 Å². The number of likely N-dealkylation sites (N-methyl/N-ethyl adjacent to an activating group) is 1. The van der Waals surface area contributed by atoms with Crippen LogP contribution in [-0.4, -0.2) is 48.3 Å². The van der Waals surface area contributed by atoms with E-state index >= 15 is 0 Å². The first-order valence-electron chi connectivity index (χ1n) is 10.3. The van der Waals surface area contributed by atoms with Crippen LogP contribution in [0.3, 0.4) is 0 Å². The Morgan fingerprint density at radius 2 is 1.84 bits per heavy atom. The molecular formula is C25H26N4O2S. The van der Waals surface area contributed by atoms with Crippen LogP contribution in [-0.2, 0) is 0 Å². The van der Waals surface area contributed by atoms with E-state index in [1.165, 1.54) is 0 Å². The number of nitrogens with one attached hydrogen (secondary N) is 1. The standard InChI is InChI=1S/C25H26N4O2S/c1-28(2)22(18-11-13-20(31-3)14-12-18)16-26-25(30)21-17-29(19-8-5-4-6-9-19)27-24(21)23-10-7-15-32-23/h4-15,17,22H,16H2,1-3H3,(H,26,30). The Bertz CT molecular complexity index is 1150. The van der Waals surface area contributed by atoms with Crippen LogP contribution in [0.2, 0.25) is 0 Å². The summed E-state index contributed by atoms with van der Waals surface area (Å²) >= 11 is 1.57. The molecule has 1 amide bonds. The number of hydrogen-bond donors (Lipinski definition) is 1. The van der Waals surface area contributed by atoms with Gasteiger partial charge >= 0.3 is 0 Å². The number of amides is 1. The van der Waals surface area contributed by atoms with E-state index in [-0.39, 0.29) is 11.9 Å². The minimum Gasteiger partial charge on any atom is -0.497 e. The van der Waals surface area contributed by atoms with Crippen LogP contribution in [0, 0.1) is 0 Å². The molecule has 0 saturated heterocycles. The van der Waals surface area contributed by atoms with Gasteiger partial charge in [-0.3, -0.25) is 4.79 Å². The number of carbonyl (C=O) groups is 1. The van der Waals surface area contributed by atoms with E-state index in [9.17, 15) is 4.79 Å². The van der Waals surface area contributed by atoms with Gasteiger partial charge in [-0.1, -0.05) is 36.4 Å². The minimum absolute atomic E-state index is 0.0270. The fourth-order valence-corrected chi connectivity index (χ4v) is 4.28. The molecule has 0 radical (unpaired) electrons. The minimum atomic E-state index is -0.143. The van der Waals surface area contributed by atoms with E-state index in [1.54, 1.807) is 29.3 Å². The molecule has 1 N–H and O–H groups in total. The fourth-order valence-electron chi connectivity index (χ4n) is 3.56. The van der Waals surface area contributed by atoms with Gasteiger partial charge in [0.05, 0.1) is 29.3 Å². The van der Waals surface area contributed by atoms with Crippen molar-refractivity contribution in [2.45, 2.75) is 6.04 Å². The van der Waals surface area contributed by atoms with Crippen molar-refractivity contribution in [1.82, 2.24) is 20.0 Å². The molecule has 1 atom stereocenters. The van der Waals surface area contributed by atoms with Crippen molar-refractivity contribution in [2.24, 2.45) is 0 Å². The van der Waals surface area contributed by atoms with Gasteiger partial charge in [0.2, 0.25) is 0 Å². The predicted octanol–water partition coefficient (Wildman–Crippen LogP) is 4.64. The maximum atomic E-state index is 13.3. The van der Waals surface area contributed by atoms with E-state index in [1.807, 2.05) is 86.2 Å². The van der Waals surface area contributed by atoms with Crippen molar-refractivity contribution in [3.05, 3.63) is 89.4 Å². The smallest absolute Gasteiger partial charge is 0.255 e. The highest BCUT2D eigenvalue weighted by atomic mass is 32.1. The summed E-state index contributed by atoms with van der Waals surface area (Å²) in [6.07, 6.45) is 1.80. The van der Waals surface area contributed by atoms with Crippen LogP contribution in [0.1, 0.15) is 22.0 Å². The Hall–Kier alpha value is -3.42. The molecule has 0 spiro atoms. The number of carbonyl (C=O) groups excluding carboxylic acids is 1. The third-order valence-electron chi connectivity index (χ3n) is 5.31. The molecule has 1 unspecified atom stereocenters. The third kappa shape index (κ3) is 4.74. The number of aromatic nitrogens is 2. The van der Waals surface area contributed by atoms with Crippen molar-refractivity contribution >= 4 is 17.2 Å². The van der Waals surface area contributed by atoms with Crippen LogP contribution < -0.4 is 10.1 Å². The average molecular weight is 447 g/mol. The molecule has 0 aliphatic carbocycles. The zero-order chi connectivity index (χ0) is 22.5. The van der Waals surface area contributed by atoms with Crippen LogP contribution >= 0.6 is 11.3 Å². The summed E-state index contributed by atoms with van der Waals surface area (Å²) in [5.41, 5.74) is 3.26. The van der Waals surface area contributed by atoms with Gasteiger partial charge < -0.3 is 15.0 Å². The number of hydrogen-bond acceptors (Lipinski definition) is 5. The van der Waals surface area contributed by atoms with Crippen molar-refractivity contribution in [3.63, 3.8) is 0 Å². The van der Waals surface area contributed by atoms with Crippen molar-refractivity contribution in [3.8, 4) is 22.0 Å². The zero-order valence-electron chi connectivity index (χ0n) is 18.4. The van der Waals surface area contributed by atoms with Gasteiger partial charge in [0.25, 0.3) is 5.91 Å². The first-order valence-corrected chi connectivity index (χ1v) is 11.2. The van der Waals surface area contributed by atoms with Gasteiger partial charge in [-0.25, -0.2) is 4.68 Å². The SMILES string of the molecule is COc1ccc(C(CNC(=O)c2cn(-c3ccccc3)nc2-c2cccs2)N(C)C)cc1. The molecule has 164 valence electrons. The Morgan fingerprint density at radius 1 is 1.09 bits per heavy atom. The number of benzene rings is 2. The normalized spacial score (nSPS) is 12.0. The molecule has 4 rings (SSSR count). The molecule has 2 aromatic heterocycles. The lowest BCUT2D eigenvalue weighted by Gasteiger charge is -2.25. The Balaban J connectivity index is 1.58. The summed E-state index contributed by atoms with van der Waals surface area (Å²) in [6, 6.07) is 21.7. The van der Waals surface area contributed by atoms with Crippen LogP contribution in [0.25, 0.3) is 16.3 Å². The average Bonchev–Trinajstić information content (AvgIpc) is 3.50. The first-order chi connectivity index (χ1) is 15.6. The van der Waals surface area contributed by atoms with Gasteiger partial charge in [0, 0.05) is 12.7 Å². The van der Waals surface area contributed by atoms with Gasteiger partial charge in [-0.15, -0.1) is 11.3 Å². The van der Waals surface area contributed by atoms with Crippen LogP contribution in [0.15, 0.2) is 78.3 Å². The molecule has 0 fully saturated rings. The number of methoxy groups -OCH3 is 1. The summed E-state index contributed by atoms with van der Waals surface area (Å²) in [6.45, 7) is 0.471. The number of nitrogens with zero attached hydrogens (tertiary/aromatic N) is 3. The maximum absolute atomic E-state index is 13.3. The number of thiophene rings is 1. The Morgan fingerprint density at radius 3 is 2.47 bits per heavy atom. The van der Waals surface area contributed by atoms with E-state index in [4.69, 9.17) is 9.84 Å². The highest BCUT2D eigenvalue weighted by Crippen LogP contribution is 2.28. The molecule has 0 aliphatic rings. The van der Waals surface area contributed by atoms with E-state index < -0.39 is 0 Å². The highest BCUT2D eigenvalue weighted by Gasteiger charge is 2.21. The lowest BCUT2D eigenvalue weighted by atomic mass is 10.1. The second-order valence-corrected chi connectivity index (χ2v) is 8.56. The van der Waals surface area contributed by atoms with Gasteiger partial charge in [0.1, 0.15) is 11.4 Å². The Labute approximate surface area is 192 Å². The van der Waals surface area contributed by atoms with Crippen LogP contribution in [0.5, 0.6) is 5.75 Å². The molecule has 6 nitrogen and oxygen atoms in total. The summed E-state index contributed by atoms with van der Waals surface area (Å²) < 4.78 is 7.02. The van der Waals surface area contributed by atoms with Crippen molar-refractivity contribution in [2.75, 3.05) is 27.7 Å². The van der Waals surface area contributed by atoms with Gasteiger partial charge in [-0.05, 0) is 55.4 Å². The monoisotopic (exact) mass is 446 g/mol. The molecule has 0 saturated carbocycles. The maximum Gasteiger partial charge on any atom is 0.255 e. The predicted molar refractivity (Wildman–Crippen MR) is 129 cm³/mol. The fraction of sp³-hybridized carbons (Fsp3) is 0.200. The number of para-hydroxylation sites is 1. The van der Waals surface area contributed by atoms with Crippen molar-refractivity contribution < 1.29 is 9.53 Å². The lowest BCUT2D eigenvalue weighted by Crippen LogP contribution is -2.34. The van der Waals surface area contributed by atoms with Gasteiger partial charge in [0.15, 0.2) is 0 Å². The third-order valence-corrected chi connectivity index (χ3v) is 6.19. The van der Waals surface area contributed by atoms with E-state index in [0.717, 1.165) is 21.9 Å². The second-order valence-electron chi connectivity index (χ2n) is 7.61. The molecule has 2 aromatic carbocycles. The molecule has 0 aliphatic heterocycles. The highest BCUT2D eigenvalue weighted by molar-refractivity contribution is 7.13. The molecule has 32 heavy (non-hydrogen) atoms. The number of rotatable bonds is 8. The molecule has 2 heterocycles. The number of ether oxygens (including phenoxy) is 1. The van der Waals surface area contributed by atoms with E-state index in [2.05, 4.69) is 10.2 Å². The van der Waals surface area contributed by atoms with Crippen molar-refractivity contribution in [1.29, 1.82) is 0 Å². The first kappa shape index (κ1) is 21.8. The quantitative estimate of drug-likeness (QED) is 0.428. The zero-order valence-corrected chi connectivity index (χ0v) is 19.2. The Kier molecular flexibility index (Phi) is 6.68. The molecule has 0 bridgehead atoms. The summed E-state index contributed by atoms with van der Waals surface area (Å²) in [5, 5.41) is 9.83. The summed E-state index contributed by atoms with van der Waals surface area (Å²) in [5.74, 6) is 0.667. The molecule has 7 heteroatoms. The second kappa shape index (κ2) is 9.80. The summed E-state index contributed by atoms with van der Waals surface area (Å²) in [4.78, 5) is 16.3. The summed E-state index contributed by atoms with van der Waals surface area (Å²) in [7, 11) is 5.66. The molecular weight excluding hydrogens is 420 g/mol. The largest absolute Gasteiger partial charge is 0.497 e. The van der Waals surface area contributed by atoms with Gasteiger partial charge in [-0.2, -0.15) is 5.10 Å². The topological polar surface area (TPSA) is 59.4 Å². The van der Waals surface area contributed by atoms with Crippen LogP contribution in [0.4, 0.5) is 0 Å².